The molecule has 138 valence electrons. The molecule has 0 radical (unpaired) electrons. The maximum Gasteiger partial charge on any atom is 0.258 e. The van der Waals surface area contributed by atoms with Crippen LogP contribution in [0.4, 0.5) is 14.5 Å². The van der Waals surface area contributed by atoms with Gasteiger partial charge in [-0.05, 0) is 42.8 Å². The average Bonchev–Trinajstić information content (AvgIpc) is 2.66. The Bertz CT molecular complexity index is 975. The zero-order chi connectivity index (χ0) is 19.4. The molecule has 27 heavy (non-hydrogen) atoms. The number of carbonyl (C=O) groups is 1. The fourth-order valence-corrected chi connectivity index (χ4v) is 2.36. The van der Waals surface area contributed by atoms with E-state index < -0.39 is 17.5 Å². The fraction of sp³-hybridized carbons (Fsp3) is 0.100. The molecule has 3 aromatic rings. The van der Waals surface area contributed by atoms with E-state index in [1.807, 2.05) is 19.1 Å². The van der Waals surface area contributed by atoms with Crippen LogP contribution < -0.4 is 14.8 Å². The van der Waals surface area contributed by atoms with Gasteiger partial charge >= 0.3 is 0 Å². The van der Waals surface area contributed by atoms with Crippen LogP contribution in [0.3, 0.4) is 0 Å². The summed E-state index contributed by atoms with van der Waals surface area (Å²) < 4.78 is 37.9. The topological polar surface area (TPSA) is 60.5 Å². The molecule has 5 nitrogen and oxygen atoms in total. The summed E-state index contributed by atoms with van der Waals surface area (Å²) >= 11 is 0. The molecule has 0 aliphatic rings. The van der Waals surface area contributed by atoms with E-state index in [0.29, 0.717) is 17.2 Å². The molecule has 3 rings (SSSR count). The molecule has 0 fully saturated rings. The van der Waals surface area contributed by atoms with Crippen LogP contribution in [0, 0.1) is 18.6 Å². The molecular formula is C20H16F2N2O3. The lowest BCUT2D eigenvalue weighted by Crippen LogP contribution is -2.14. The minimum absolute atomic E-state index is 0.284. The molecule has 1 amide bonds. The molecule has 0 bridgehead atoms. The van der Waals surface area contributed by atoms with E-state index in [1.165, 1.54) is 30.5 Å². The number of nitrogens with one attached hydrogen (secondary N) is 1. The molecule has 0 unspecified atom stereocenters. The lowest BCUT2D eigenvalue weighted by Gasteiger charge is -2.11. The molecule has 2 aromatic carbocycles. The number of rotatable bonds is 5. The van der Waals surface area contributed by atoms with Crippen molar-refractivity contribution in [3.63, 3.8) is 0 Å². The van der Waals surface area contributed by atoms with E-state index in [-0.39, 0.29) is 11.4 Å². The van der Waals surface area contributed by atoms with Crippen molar-refractivity contribution in [2.45, 2.75) is 6.92 Å². The Morgan fingerprint density at radius 2 is 1.89 bits per heavy atom. The molecule has 0 aliphatic carbocycles. The number of halogens is 2. The van der Waals surface area contributed by atoms with Crippen LogP contribution in [0.1, 0.15) is 15.9 Å². The van der Waals surface area contributed by atoms with Gasteiger partial charge in [0.15, 0.2) is 23.1 Å². The molecule has 0 atom stereocenters. The average molecular weight is 370 g/mol. The highest BCUT2D eigenvalue weighted by atomic mass is 19.2. The molecule has 1 heterocycles. The summed E-state index contributed by atoms with van der Waals surface area (Å²) in [6.07, 6.45) is 1.35. The van der Waals surface area contributed by atoms with Crippen molar-refractivity contribution >= 4 is 11.6 Å². The third-order valence-electron chi connectivity index (χ3n) is 3.72. The van der Waals surface area contributed by atoms with Crippen LogP contribution in [0.15, 0.2) is 54.7 Å². The molecular weight excluding hydrogens is 354 g/mol. The second kappa shape index (κ2) is 7.82. The van der Waals surface area contributed by atoms with Crippen LogP contribution in [0.25, 0.3) is 0 Å². The predicted octanol–water partition coefficient (Wildman–Crippen LogP) is 4.72. The number of aromatic nitrogens is 1. The van der Waals surface area contributed by atoms with Gasteiger partial charge in [0.2, 0.25) is 5.88 Å². The maximum atomic E-state index is 13.7. The zero-order valence-electron chi connectivity index (χ0n) is 14.6. The van der Waals surface area contributed by atoms with Crippen molar-refractivity contribution in [1.82, 2.24) is 4.98 Å². The van der Waals surface area contributed by atoms with E-state index in [2.05, 4.69) is 10.3 Å². The minimum atomic E-state index is -1.20. The van der Waals surface area contributed by atoms with Gasteiger partial charge in [0.05, 0.1) is 24.6 Å². The molecule has 0 aliphatic heterocycles. The molecule has 7 heteroatoms. The van der Waals surface area contributed by atoms with E-state index in [9.17, 15) is 13.6 Å². The minimum Gasteiger partial charge on any atom is -0.493 e. The highest BCUT2D eigenvalue weighted by molar-refractivity contribution is 6.04. The van der Waals surface area contributed by atoms with Gasteiger partial charge in [0, 0.05) is 6.07 Å². The van der Waals surface area contributed by atoms with Crippen molar-refractivity contribution in [1.29, 1.82) is 0 Å². The Hall–Kier alpha value is -3.48. The molecule has 1 N–H and O–H groups in total. The third kappa shape index (κ3) is 4.20. The summed E-state index contributed by atoms with van der Waals surface area (Å²) in [5.74, 6) is -1.72. The molecule has 0 saturated heterocycles. The number of methoxy groups -OCH3 is 1. The first-order valence-electron chi connectivity index (χ1n) is 8.02. The van der Waals surface area contributed by atoms with Crippen LogP contribution >= 0.6 is 0 Å². The number of aryl methyl sites for hydroxylation is 1. The van der Waals surface area contributed by atoms with Gasteiger partial charge in [-0.15, -0.1) is 0 Å². The predicted molar refractivity (Wildman–Crippen MR) is 96.4 cm³/mol. The number of anilines is 1. The van der Waals surface area contributed by atoms with Crippen LogP contribution in [-0.2, 0) is 0 Å². The van der Waals surface area contributed by atoms with E-state index in [4.69, 9.17) is 9.47 Å². The van der Waals surface area contributed by atoms with Gasteiger partial charge in [-0.25, -0.2) is 13.8 Å². The van der Waals surface area contributed by atoms with Crippen molar-refractivity contribution in [3.05, 3.63) is 77.5 Å². The summed E-state index contributed by atoms with van der Waals surface area (Å²) in [6.45, 7) is 1.93. The number of hydrogen-bond donors (Lipinski definition) is 1. The van der Waals surface area contributed by atoms with Crippen LogP contribution in [-0.4, -0.2) is 18.0 Å². The zero-order valence-corrected chi connectivity index (χ0v) is 14.6. The Morgan fingerprint density at radius 1 is 1.07 bits per heavy atom. The quantitative estimate of drug-likeness (QED) is 0.706. The normalized spacial score (nSPS) is 10.4. The summed E-state index contributed by atoms with van der Waals surface area (Å²) in [5.41, 5.74) is 0.946. The number of hydrogen-bond acceptors (Lipinski definition) is 4. The van der Waals surface area contributed by atoms with E-state index >= 15 is 0 Å². The smallest absolute Gasteiger partial charge is 0.258 e. The first-order chi connectivity index (χ1) is 13.0. The second-order valence-corrected chi connectivity index (χ2v) is 5.70. The number of amides is 1. The van der Waals surface area contributed by atoms with Gasteiger partial charge in [-0.3, -0.25) is 4.79 Å². The Labute approximate surface area is 154 Å². The molecule has 1 aromatic heterocycles. The highest BCUT2D eigenvalue weighted by Crippen LogP contribution is 2.31. The molecule has 0 spiro atoms. The first-order valence-corrected chi connectivity index (χ1v) is 8.02. The lowest BCUT2D eigenvalue weighted by atomic mass is 10.2. The van der Waals surface area contributed by atoms with Crippen molar-refractivity contribution in [2.75, 3.05) is 12.4 Å². The van der Waals surface area contributed by atoms with E-state index in [1.54, 1.807) is 13.2 Å². The largest absolute Gasteiger partial charge is 0.493 e. The summed E-state index contributed by atoms with van der Waals surface area (Å²) in [5, 5.41) is 2.46. The van der Waals surface area contributed by atoms with Gasteiger partial charge in [0.1, 0.15) is 0 Å². The van der Waals surface area contributed by atoms with Crippen molar-refractivity contribution in [2.24, 2.45) is 0 Å². The van der Waals surface area contributed by atoms with Gasteiger partial charge in [-0.2, -0.15) is 0 Å². The monoisotopic (exact) mass is 370 g/mol. The van der Waals surface area contributed by atoms with Crippen LogP contribution in [0.5, 0.6) is 17.4 Å². The number of benzene rings is 2. The number of carbonyl (C=O) groups excluding carboxylic acids is 1. The van der Waals surface area contributed by atoms with Gasteiger partial charge < -0.3 is 14.8 Å². The summed E-state index contributed by atoms with van der Waals surface area (Å²) in [7, 11) is 1.54. The third-order valence-corrected chi connectivity index (χ3v) is 3.72. The highest BCUT2D eigenvalue weighted by Gasteiger charge is 2.15. The van der Waals surface area contributed by atoms with E-state index in [0.717, 1.165) is 11.6 Å². The maximum absolute atomic E-state index is 13.7. The number of nitrogens with zero attached hydrogens (tertiary/aromatic N) is 1. The van der Waals surface area contributed by atoms with Gasteiger partial charge in [-0.1, -0.05) is 12.1 Å². The Balaban J connectivity index is 1.72. The van der Waals surface area contributed by atoms with Crippen molar-refractivity contribution < 1.29 is 23.0 Å². The SMILES string of the molecule is COc1cc(C)ccc1Oc1ccc(NC(=O)c2cccc(F)c2F)cn1. The summed E-state index contributed by atoms with van der Waals surface area (Å²) in [6, 6.07) is 11.9. The standard InChI is InChI=1S/C20H16F2N2O3/c1-12-6-8-16(17(10-12)26-2)27-18-9-7-13(11-23-18)24-20(25)14-4-3-5-15(21)19(14)22/h3-11H,1-2H3,(H,24,25). The fourth-order valence-electron chi connectivity index (χ4n) is 2.36. The summed E-state index contributed by atoms with van der Waals surface area (Å²) in [4.78, 5) is 16.2. The Kier molecular flexibility index (Phi) is 5.30. The number of ether oxygens (including phenoxy) is 2. The molecule has 0 saturated carbocycles. The Morgan fingerprint density at radius 3 is 2.59 bits per heavy atom. The second-order valence-electron chi connectivity index (χ2n) is 5.70. The number of pyridine rings is 1. The van der Waals surface area contributed by atoms with Crippen LogP contribution in [0.2, 0.25) is 0 Å². The lowest BCUT2D eigenvalue weighted by molar-refractivity contribution is 0.102. The first kappa shape index (κ1) is 18.3. The van der Waals surface area contributed by atoms with Crippen molar-refractivity contribution in [3.8, 4) is 17.4 Å². The van der Waals surface area contributed by atoms with Gasteiger partial charge in [0.25, 0.3) is 5.91 Å².